The first-order chi connectivity index (χ1) is 13.4. The van der Waals surface area contributed by atoms with Gasteiger partial charge in [0, 0.05) is 30.6 Å². The zero-order valence-electron chi connectivity index (χ0n) is 16.6. The van der Waals surface area contributed by atoms with E-state index in [0.717, 1.165) is 36.9 Å². The summed E-state index contributed by atoms with van der Waals surface area (Å²) in [6, 6.07) is 9.76. The molecule has 2 N–H and O–H groups in total. The summed E-state index contributed by atoms with van der Waals surface area (Å²) in [6.45, 7) is 6.00. The van der Waals surface area contributed by atoms with Gasteiger partial charge in [-0.15, -0.1) is 0 Å². The molecule has 6 nitrogen and oxygen atoms in total. The molecule has 1 aliphatic carbocycles. The fraction of sp³-hybridized carbons (Fsp3) is 0.545. The molecular weight excluding hydrogens is 354 g/mol. The molecule has 0 bridgehead atoms. The van der Waals surface area contributed by atoms with Crippen LogP contribution in [0.25, 0.3) is 11.5 Å². The normalized spacial score (nSPS) is 19.5. The van der Waals surface area contributed by atoms with Crippen LogP contribution < -0.4 is 5.32 Å². The van der Waals surface area contributed by atoms with Crippen LogP contribution in [0, 0.1) is 5.92 Å². The lowest BCUT2D eigenvalue weighted by Gasteiger charge is -2.35. The number of aliphatic hydroxyl groups is 1. The molecule has 0 atom stereocenters. The Labute approximate surface area is 166 Å². The van der Waals surface area contributed by atoms with Crippen molar-refractivity contribution in [2.45, 2.75) is 50.5 Å². The Balaban J connectivity index is 1.31. The number of nitrogens with one attached hydrogen (secondary N) is 1. The highest BCUT2D eigenvalue weighted by molar-refractivity contribution is 5.74. The number of hydrogen-bond acceptors (Lipinski definition) is 4. The van der Waals surface area contributed by atoms with Gasteiger partial charge in [0.15, 0.2) is 0 Å². The van der Waals surface area contributed by atoms with Crippen LogP contribution >= 0.6 is 0 Å². The van der Waals surface area contributed by atoms with E-state index in [-0.39, 0.29) is 11.4 Å². The third-order valence-electron chi connectivity index (χ3n) is 6.20. The highest BCUT2D eigenvalue weighted by atomic mass is 16.3. The molecule has 0 unspecified atom stereocenters. The molecule has 1 aliphatic heterocycles. The Hall–Kier alpha value is -2.34. The summed E-state index contributed by atoms with van der Waals surface area (Å²) < 4.78 is 5.65. The lowest BCUT2D eigenvalue weighted by Crippen LogP contribution is -2.48. The van der Waals surface area contributed by atoms with Crippen LogP contribution in [0.15, 0.2) is 41.0 Å². The van der Waals surface area contributed by atoms with Crippen LogP contribution in [-0.4, -0.2) is 46.3 Å². The lowest BCUT2D eigenvalue weighted by molar-refractivity contribution is 0.0460. The van der Waals surface area contributed by atoms with Gasteiger partial charge >= 0.3 is 6.03 Å². The standard InChI is InChI=1S/C22H29N3O3/c1-21(2,18-14-28-19(24-18)16-6-4-3-5-7-16)15-23-20(26)25-12-8-17(9-13-25)22(27)10-11-22/h3-7,14,17,27H,8-13,15H2,1-2H3,(H,23,26). The van der Waals surface area contributed by atoms with E-state index in [2.05, 4.69) is 24.1 Å². The second-order valence-electron chi connectivity index (χ2n) is 8.81. The van der Waals surface area contributed by atoms with E-state index < -0.39 is 5.60 Å². The number of aromatic nitrogens is 1. The van der Waals surface area contributed by atoms with Crippen molar-refractivity contribution in [1.82, 2.24) is 15.2 Å². The summed E-state index contributed by atoms with van der Waals surface area (Å²) >= 11 is 0. The molecule has 2 fully saturated rings. The van der Waals surface area contributed by atoms with Gasteiger partial charge in [0.1, 0.15) is 6.26 Å². The number of urea groups is 1. The molecule has 150 valence electrons. The third kappa shape index (κ3) is 3.92. The molecule has 4 rings (SSSR count). The van der Waals surface area contributed by atoms with Gasteiger partial charge in [-0.1, -0.05) is 32.0 Å². The van der Waals surface area contributed by atoms with Crippen molar-refractivity contribution in [3.63, 3.8) is 0 Å². The van der Waals surface area contributed by atoms with Crippen molar-refractivity contribution < 1.29 is 14.3 Å². The minimum absolute atomic E-state index is 0.0407. The van der Waals surface area contributed by atoms with E-state index in [1.807, 2.05) is 35.2 Å². The Morgan fingerprint density at radius 1 is 1.29 bits per heavy atom. The van der Waals surface area contributed by atoms with E-state index >= 15 is 0 Å². The Morgan fingerprint density at radius 2 is 1.96 bits per heavy atom. The minimum Gasteiger partial charge on any atom is -0.444 e. The molecule has 2 aromatic rings. The number of hydrogen-bond donors (Lipinski definition) is 2. The molecule has 6 heteroatoms. The van der Waals surface area contributed by atoms with Gasteiger partial charge in [0.2, 0.25) is 5.89 Å². The number of rotatable bonds is 5. The molecule has 28 heavy (non-hydrogen) atoms. The molecule has 2 amide bonds. The summed E-state index contributed by atoms with van der Waals surface area (Å²) in [6.07, 6.45) is 5.28. The Kier molecular flexibility index (Phi) is 4.91. The molecule has 1 saturated heterocycles. The first kappa shape index (κ1) is 19.0. The molecule has 2 heterocycles. The van der Waals surface area contributed by atoms with Crippen LogP contribution in [0.4, 0.5) is 4.79 Å². The number of amides is 2. The van der Waals surface area contributed by atoms with Gasteiger partial charge in [-0.25, -0.2) is 9.78 Å². The number of oxazole rings is 1. The highest BCUT2D eigenvalue weighted by Gasteiger charge is 2.48. The average Bonchev–Trinajstić information content (AvgIpc) is 3.26. The van der Waals surface area contributed by atoms with Crippen molar-refractivity contribution in [2.75, 3.05) is 19.6 Å². The number of carbonyl (C=O) groups excluding carboxylic acids is 1. The summed E-state index contributed by atoms with van der Waals surface area (Å²) in [5.74, 6) is 0.939. The van der Waals surface area contributed by atoms with Crippen LogP contribution in [-0.2, 0) is 5.41 Å². The van der Waals surface area contributed by atoms with Gasteiger partial charge in [-0.3, -0.25) is 0 Å². The van der Waals surface area contributed by atoms with Crippen LogP contribution in [0.2, 0.25) is 0 Å². The van der Waals surface area contributed by atoms with Crippen LogP contribution in [0.3, 0.4) is 0 Å². The van der Waals surface area contributed by atoms with Crippen LogP contribution in [0.1, 0.15) is 45.2 Å². The number of piperidine rings is 1. The average molecular weight is 383 g/mol. The minimum atomic E-state index is -0.437. The molecule has 0 radical (unpaired) electrons. The number of likely N-dealkylation sites (tertiary alicyclic amines) is 1. The molecular formula is C22H29N3O3. The molecule has 1 saturated carbocycles. The van der Waals surface area contributed by atoms with Crippen molar-refractivity contribution in [2.24, 2.45) is 5.92 Å². The third-order valence-corrected chi connectivity index (χ3v) is 6.20. The second-order valence-corrected chi connectivity index (χ2v) is 8.81. The smallest absolute Gasteiger partial charge is 0.317 e. The van der Waals surface area contributed by atoms with Gasteiger partial charge in [0.25, 0.3) is 0 Å². The Morgan fingerprint density at radius 3 is 2.61 bits per heavy atom. The van der Waals surface area contributed by atoms with Crippen molar-refractivity contribution in [3.8, 4) is 11.5 Å². The second kappa shape index (κ2) is 7.24. The fourth-order valence-electron chi connectivity index (χ4n) is 3.95. The van der Waals surface area contributed by atoms with E-state index in [0.29, 0.717) is 31.4 Å². The maximum absolute atomic E-state index is 12.6. The topological polar surface area (TPSA) is 78.6 Å². The van der Waals surface area contributed by atoms with Crippen molar-refractivity contribution >= 4 is 6.03 Å². The zero-order chi connectivity index (χ0) is 19.8. The SMILES string of the molecule is CC(C)(CNC(=O)N1CCC(C2(O)CC2)CC1)c1coc(-c2ccccc2)n1. The van der Waals surface area contributed by atoms with E-state index in [9.17, 15) is 9.90 Å². The van der Waals surface area contributed by atoms with Gasteiger partial charge < -0.3 is 19.7 Å². The molecule has 1 aromatic heterocycles. The quantitative estimate of drug-likeness (QED) is 0.827. The summed E-state index contributed by atoms with van der Waals surface area (Å²) in [7, 11) is 0. The Bertz CT molecular complexity index is 819. The molecule has 0 spiro atoms. The fourth-order valence-corrected chi connectivity index (χ4v) is 3.95. The summed E-state index contributed by atoms with van der Waals surface area (Å²) in [4.78, 5) is 19.1. The number of benzene rings is 1. The van der Waals surface area contributed by atoms with Gasteiger partial charge in [-0.05, 0) is 43.7 Å². The predicted octanol–water partition coefficient (Wildman–Crippen LogP) is 3.57. The first-order valence-electron chi connectivity index (χ1n) is 10.1. The van der Waals surface area contributed by atoms with E-state index in [1.54, 1.807) is 6.26 Å². The van der Waals surface area contributed by atoms with Crippen LogP contribution in [0.5, 0.6) is 0 Å². The monoisotopic (exact) mass is 383 g/mol. The zero-order valence-corrected chi connectivity index (χ0v) is 16.6. The van der Waals surface area contributed by atoms with Crippen molar-refractivity contribution in [3.05, 3.63) is 42.3 Å². The number of nitrogens with zero attached hydrogens (tertiary/aromatic N) is 2. The first-order valence-corrected chi connectivity index (χ1v) is 10.1. The van der Waals surface area contributed by atoms with E-state index in [1.165, 1.54) is 0 Å². The summed E-state index contributed by atoms with van der Waals surface area (Å²) in [5, 5.41) is 13.3. The predicted molar refractivity (Wildman–Crippen MR) is 107 cm³/mol. The van der Waals surface area contributed by atoms with Crippen molar-refractivity contribution in [1.29, 1.82) is 0 Å². The summed E-state index contributed by atoms with van der Waals surface area (Å²) in [5.41, 5.74) is 0.983. The maximum atomic E-state index is 12.6. The lowest BCUT2D eigenvalue weighted by atomic mass is 9.89. The molecule has 2 aliphatic rings. The van der Waals surface area contributed by atoms with E-state index in [4.69, 9.17) is 4.42 Å². The van der Waals surface area contributed by atoms with Gasteiger partial charge in [0.05, 0.1) is 11.3 Å². The highest BCUT2D eigenvalue weighted by Crippen LogP contribution is 2.46. The largest absolute Gasteiger partial charge is 0.444 e. The molecule has 1 aromatic carbocycles. The number of carbonyl (C=O) groups is 1. The van der Waals surface area contributed by atoms with Gasteiger partial charge in [-0.2, -0.15) is 0 Å². The maximum Gasteiger partial charge on any atom is 0.317 e.